The number of pyridine rings is 1. The maximum absolute atomic E-state index is 15.1. The van der Waals surface area contributed by atoms with Crippen molar-refractivity contribution in [2.24, 2.45) is 0 Å². The Balaban J connectivity index is 1.67. The van der Waals surface area contributed by atoms with Crippen LogP contribution in [0.5, 0.6) is 11.5 Å². The molecule has 6 rings (SSSR count). The summed E-state index contributed by atoms with van der Waals surface area (Å²) in [7, 11) is 0. The molecule has 1 fully saturated rings. The topological polar surface area (TPSA) is 75.0 Å². The van der Waals surface area contributed by atoms with E-state index in [9.17, 15) is 14.7 Å². The van der Waals surface area contributed by atoms with Gasteiger partial charge in [0.05, 0.1) is 5.54 Å². The van der Waals surface area contributed by atoms with E-state index in [1.165, 1.54) is 18.3 Å². The molecule has 1 saturated carbocycles. The summed E-state index contributed by atoms with van der Waals surface area (Å²) in [5.74, 6) is -1.31. The lowest BCUT2D eigenvalue weighted by atomic mass is 9.74. The number of para-hydroxylation sites is 1. The second kappa shape index (κ2) is 7.98. The summed E-state index contributed by atoms with van der Waals surface area (Å²) >= 11 is 1.57. The van der Waals surface area contributed by atoms with Crippen LogP contribution in [0, 0.1) is 12.7 Å². The molecule has 180 valence electrons. The zero-order chi connectivity index (χ0) is 24.3. The third kappa shape index (κ3) is 3.21. The van der Waals surface area contributed by atoms with E-state index in [4.69, 9.17) is 4.74 Å². The molecule has 1 aromatic carbocycles. The van der Waals surface area contributed by atoms with Crippen molar-refractivity contribution in [1.82, 2.24) is 9.58 Å². The van der Waals surface area contributed by atoms with Gasteiger partial charge in [-0.2, -0.15) is 0 Å². The Bertz CT molecular complexity index is 1420. The van der Waals surface area contributed by atoms with Crippen LogP contribution in [0.25, 0.3) is 0 Å². The number of aryl methyl sites for hydroxylation is 1. The van der Waals surface area contributed by atoms with Crippen molar-refractivity contribution in [2.75, 3.05) is 18.3 Å². The molecule has 7 nitrogen and oxygen atoms in total. The molecule has 4 heterocycles. The summed E-state index contributed by atoms with van der Waals surface area (Å²) in [6.07, 6.45) is 7.75. The molecule has 2 aliphatic heterocycles. The predicted octanol–water partition coefficient (Wildman–Crippen LogP) is 4.08. The number of benzene rings is 1. The molecule has 9 heteroatoms. The summed E-state index contributed by atoms with van der Waals surface area (Å²) in [5, 5.41) is 14.7. The second-order valence-electron chi connectivity index (χ2n) is 9.20. The molecular weight excluding hydrogens is 469 g/mol. The van der Waals surface area contributed by atoms with Crippen LogP contribution >= 0.6 is 11.3 Å². The predicted molar refractivity (Wildman–Crippen MR) is 130 cm³/mol. The number of hydrogen-bond donors (Lipinski definition) is 1. The first-order valence-electron chi connectivity index (χ1n) is 11.6. The Kier molecular flexibility index (Phi) is 5.00. The molecular formula is C26H24FN3O4S. The van der Waals surface area contributed by atoms with Crippen LogP contribution in [0.4, 0.5) is 4.39 Å². The van der Waals surface area contributed by atoms with E-state index in [0.717, 1.165) is 29.7 Å². The molecule has 35 heavy (non-hydrogen) atoms. The average molecular weight is 494 g/mol. The van der Waals surface area contributed by atoms with Crippen molar-refractivity contribution in [3.63, 3.8) is 0 Å². The standard InChI is InChI=1S/C26H24FN3O4S/c1-16-17(8-14-35-16)21-18-5-2-6-19(27)24(18)34-13-4-11-26(9-3-10-26)28-15-30(21)29-12-7-20(31)23(32)22(29)25(28)33/h2,4-8,11-12,14,21,32H,3,9-10,13,15H2,1H3/b11-4+. The van der Waals surface area contributed by atoms with E-state index in [1.54, 1.807) is 27.0 Å². The van der Waals surface area contributed by atoms with E-state index in [2.05, 4.69) is 0 Å². The summed E-state index contributed by atoms with van der Waals surface area (Å²) in [6.45, 7) is 2.34. The Hall–Kier alpha value is -3.59. The van der Waals surface area contributed by atoms with E-state index in [-0.39, 0.29) is 24.7 Å². The van der Waals surface area contributed by atoms with Crippen LogP contribution in [0.15, 0.2) is 58.9 Å². The highest BCUT2D eigenvalue weighted by Crippen LogP contribution is 2.45. The van der Waals surface area contributed by atoms with Crippen LogP contribution in [-0.4, -0.2) is 39.4 Å². The molecule has 0 saturated heterocycles. The van der Waals surface area contributed by atoms with Crippen LogP contribution in [-0.2, 0) is 0 Å². The third-order valence-electron chi connectivity index (χ3n) is 7.36. The summed E-state index contributed by atoms with van der Waals surface area (Å²) in [4.78, 5) is 29.0. The van der Waals surface area contributed by atoms with Gasteiger partial charge in [0.1, 0.15) is 19.3 Å². The minimum Gasteiger partial charge on any atom is -0.502 e. The lowest BCUT2D eigenvalue weighted by Gasteiger charge is -2.53. The first kappa shape index (κ1) is 21.9. The number of halogens is 1. The van der Waals surface area contributed by atoms with Gasteiger partial charge >= 0.3 is 0 Å². The first-order chi connectivity index (χ1) is 16.9. The number of hydrogen-bond acceptors (Lipinski definition) is 6. The second-order valence-corrected chi connectivity index (χ2v) is 10.3. The number of amides is 1. The third-order valence-corrected chi connectivity index (χ3v) is 8.22. The van der Waals surface area contributed by atoms with Gasteiger partial charge < -0.3 is 14.7 Å². The normalized spacial score (nSPS) is 21.4. The monoisotopic (exact) mass is 493 g/mol. The fourth-order valence-electron chi connectivity index (χ4n) is 5.41. The number of carbonyl (C=O) groups excluding carboxylic acids is 1. The highest BCUT2D eigenvalue weighted by Gasteiger charge is 2.49. The summed E-state index contributed by atoms with van der Waals surface area (Å²) in [5.41, 5.74) is 0.263. The minimum atomic E-state index is -0.619. The SMILES string of the molecule is Cc1sccc1C1c2cccc(F)c2OC/C=C/C2(CCC2)N2CN1n1ccc(=O)c(O)c1C2=O. The van der Waals surface area contributed by atoms with Crippen molar-refractivity contribution in [3.05, 3.63) is 91.8 Å². The molecule has 2 bridgehead atoms. The molecule has 0 radical (unpaired) electrons. The number of aromatic nitrogens is 1. The van der Waals surface area contributed by atoms with Crippen molar-refractivity contribution in [1.29, 1.82) is 0 Å². The van der Waals surface area contributed by atoms with E-state index in [0.29, 0.717) is 5.56 Å². The van der Waals surface area contributed by atoms with Crippen molar-refractivity contribution >= 4 is 17.2 Å². The van der Waals surface area contributed by atoms with Gasteiger partial charge in [-0.25, -0.2) is 4.39 Å². The molecule has 1 amide bonds. The van der Waals surface area contributed by atoms with Gasteiger partial charge in [-0.05, 0) is 55.3 Å². The number of fused-ring (bicyclic) bond motifs is 6. The molecule has 3 aliphatic rings. The molecule has 1 unspecified atom stereocenters. The fraction of sp³-hybridized carbons (Fsp3) is 0.308. The number of rotatable bonds is 1. The zero-order valence-electron chi connectivity index (χ0n) is 19.1. The van der Waals surface area contributed by atoms with Crippen LogP contribution in [0.3, 0.4) is 0 Å². The van der Waals surface area contributed by atoms with Crippen LogP contribution in [0.2, 0.25) is 0 Å². The molecule has 1 atom stereocenters. The number of ether oxygens (including phenoxy) is 1. The highest BCUT2D eigenvalue weighted by atomic mass is 32.1. The number of nitrogens with zero attached hydrogens (tertiary/aromatic N) is 3. The largest absolute Gasteiger partial charge is 0.502 e. The summed E-state index contributed by atoms with van der Waals surface area (Å²) in [6, 6.07) is 7.52. The van der Waals surface area contributed by atoms with Crippen molar-refractivity contribution in [3.8, 4) is 11.5 Å². The number of thiophene rings is 1. The molecule has 2 aromatic heterocycles. The van der Waals surface area contributed by atoms with Gasteiger partial charge in [0.2, 0.25) is 5.43 Å². The van der Waals surface area contributed by atoms with Crippen molar-refractivity contribution in [2.45, 2.75) is 37.8 Å². The maximum Gasteiger partial charge on any atom is 0.278 e. The van der Waals surface area contributed by atoms with Gasteiger partial charge in [-0.3, -0.25) is 19.3 Å². The molecule has 1 spiro atoms. The fourth-order valence-corrected chi connectivity index (χ4v) is 6.14. The molecule has 3 aromatic rings. The quantitative estimate of drug-likeness (QED) is 0.517. The first-order valence-corrected chi connectivity index (χ1v) is 12.5. The Morgan fingerprint density at radius 3 is 2.71 bits per heavy atom. The average Bonchev–Trinajstić information content (AvgIpc) is 3.22. The van der Waals surface area contributed by atoms with Gasteiger partial charge in [-0.1, -0.05) is 18.2 Å². The Morgan fingerprint density at radius 2 is 2.00 bits per heavy atom. The van der Waals surface area contributed by atoms with Gasteiger partial charge in [0.25, 0.3) is 5.91 Å². The Labute approximate surface area is 205 Å². The number of aromatic hydroxyl groups is 1. The lowest BCUT2D eigenvalue weighted by Crippen LogP contribution is -2.64. The van der Waals surface area contributed by atoms with Gasteiger partial charge in [-0.15, -0.1) is 11.3 Å². The molecule has 1 aliphatic carbocycles. The smallest absolute Gasteiger partial charge is 0.278 e. The summed E-state index contributed by atoms with van der Waals surface area (Å²) < 4.78 is 22.7. The van der Waals surface area contributed by atoms with Crippen LogP contribution < -0.4 is 15.2 Å². The minimum absolute atomic E-state index is 0.0839. The lowest BCUT2D eigenvalue weighted by molar-refractivity contribution is 0.0255. The molecule has 1 N–H and O–H groups in total. The van der Waals surface area contributed by atoms with Crippen LogP contribution in [0.1, 0.15) is 51.8 Å². The number of carbonyl (C=O) groups is 1. The Morgan fingerprint density at radius 1 is 1.17 bits per heavy atom. The van der Waals surface area contributed by atoms with Gasteiger partial charge in [0, 0.05) is 22.7 Å². The van der Waals surface area contributed by atoms with E-state index < -0.39 is 34.5 Å². The van der Waals surface area contributed by atoms with Crippen molar-refractivity contribution < 1.29 is 19.0 Å². The zero-order valence-corrected chi connectivity index (χ0v) is 19.9. The van der Waals surface area contributed by atoms with E-state index >= 15 is 4.39 Å². The maximum atomic E-state index is 15.1. The van der Waals surface area contributed by atoms with E-state index in [1.807, 2.05) is 41.6 Å². The highest BCUT2D eigenvalue weighted by molar-refractivity contribution is 7.10. The van der Waals surface area contributed by atoms with Gasteiger partial charge in [0.15, 0.2) is 23.0 Å².